The van der Waals surface area contributed by atoms with E-state index in [2.05, 4.69) is 0 Å². The molecule has 2 fully saturated rings. The van der Waals surface area contributed by atoms with Crippen LogP contribution in [-0.4, -0.2) is 44.4 Å². The van der Waals surface area contributed by atoms with E-state index in [1.54, 1.807) is 43.0 Å². The van der Waals surface area contributed by atoms with Gasteiger partial charge in [0.05, 0.1) is 24.2 Å². The Labute approximate surface area is 165 Å². The van der Waals surface area contributed by atoms with Crippen molar-refractivity contribution < 1.29 is 26.9 Å². The Morgan fingerprint density at radius 3 is 2.78 bits per heavy atom. The number of thioether (sulfide) groups is 1. The first kappa shape index (κ1) is 20.6. The highest BCUT2D eigenvalue weighted by Gasteiger charge is 2.47. The predicted molar refractivity (Wildman–Crippen MR) is 103 cm³/mol. The monoisotopic (exact) mass is 414 g/mol. The van der Waals surface area contributed by atoms with Gasteiger partial charge >= 0.3 is 5.97 Å². The van der Waals surface area contributed by atoms with Crippen LogP contribution in [0.5, 0.6) is 0 Å². The van der Waals surface area contributed by atoms with Crippen molar-refractivity contribution in [3.63, 3.8) is 0 Å². The third-order valence-corrected chi connectivity index (χ3v) is 7.75. The van der Waals surface area contributed by atoms with Gasteiger partial charge in [0.15, 0.2) is 0 Å². The van der Waals surface area contributed by atoms with Gasteiger partial charge in [-0.3, -0.25) is 8.98 Å². The minimum Gasteiger partial charge on any atom is -0.466 e. The van der Waals surface area contributed by atoms with E-state index in [1.807, 2.05) is 6.92 Å². The van der Waals surface area contributed by atoms with Crippen molar-refractivity contribution in [3.05, 3.63) is 29.8 Å². The number of benzene rings is 1. The van der Waals surface area contributed by atoms with E-state index >= 15 is 0 Å². The van der Waals surface area contributed by atoms with Crippen molar-refractivity contribution in [2.75, 3.05) is 19.0 Å². The zero-order valence-corrected chi connectivity index (χ0v) is 17.3. The van der Waals surface area contributed by atoms with Crippen LogP contribution < -0.4 is 0 Å². The molecule has 3 unspecified atom stereocenters. The molecule has 1 spiro atoms. The zero-order chi connectivity index (χ0) is 19.5. The quantitative estimate of drug-likeness (QED) is 0.500. The molecule has 0 aromatic heterocycles. The molecular formula is C19H26O6S2. The van der Waals surface area contributed by atoms with Gasteiger partial charge in [0.1, 0.15) is 4.93 Å². The molecule has 1 saturated carbocycles. The lowest BCUT2D eigenvalue weighted by molar-refractivity contribution is -0.144. The maximum atomic E-state index is 12.3. The van der Waals surface area contributed by atoms with E-state index in [1.165, 1.54) is 0 Å². The van der Waals surface area contributed by atoms with Gasteiger partial charge in [-0.15, -0.1) is 11.8 Å². The topological polar surface area (TPSA) is 78.9 Å². The van der Waals surface area contributed by atoms with E-state index < -0.39 is 10.1 Å². The number of rotatable bonds is 7. The average Bonchev–Trinajstić information content (AvgIpc) is 3.20. The van der Waals surface area contributed by atoms with E-state index in [4.69, 9.17) is 13.7 Å². The summed E-state index contributed by atoms with van der Waals surface area (Å²) in [5.74, 6) is 0.786. The molecule has 6 nitrogen and oxygen atoms in total. The van der Waals surface area contributed by atoms with E-state index in [0.29, 0.717) is 18.8 Å². The van der Waals surface area contributed by atoms with Crippen LogP contribution in [0.2, 0.25) is 0 Å². The van der Waals surface area contributed by atoms with Crippen LogP contribution in [0, 0.1) is 12.8 Å². The molecule has 27 heavy (non-hydrogen) atoms. The van der Waals surface area contributed by atoms with Crippen molar-refractivity contribution in [3.8, 4) is 0 Å². The summed E-state index contributed by atoms with van der Waals surface area (Å²) in [7, 11) is -3.78. The molecule has 1 aromatic rings. The summed E-state index contributed by atoms with van der Waals surface area (Å²) in [6, 6.07) is 6.59. The van der Waals surface area contributed by atoms with Gasteiger partial charge in [-0.25, -0.2) is 0 Å². The SMILES string of the molecule is CCOC(=O)CC1CCC2(C1)OC(COS(=O)(=O)c1ccc(C)cc1)CS2. The van der Waals surface area contributed by atoms with Gasteiger partial charge in [0, 0.05) is 12.2 Å². The maximum Gasteiger partial charge on any atom is 0.306 e. The van der Waals surface area contributed by atoms with Crippen molar-refractivity contribution >= 4 is 27.8 Å². The lowest BCUT2D eigenvalue weighted by Gasteiger charge is -2.23. The predicted octanol–water partition coefficient (Wildman–Crippen LogP) is 3.28. The van der Waals surface area contributed by atoms with Gasteiger partial charge in [-0.2, -0.15) is 8.42 Å². The van der Waals surface area contributed by atoms with Crippen molar-refractivity contribution in [1.82, 2.24) is 0 Å². The highest BCUT2D eigenvalue weighted by atomic mass is 32.2. The second kappa shape index (κ2) is 8.51. The molecule has 1 aliphatic carbocycles. The Balaban J connectivity index is 1.50. The Morgan fingerprint density at radius 1 is 1.33 bits per heavy atom. The lowest BCUT2D eigenvalue weighted by Crippen LogP contribution is -2.27. The molecule has 8 heteroatoms. The fourth-order valence-corrected chi connectivity index (χ4v) is 5.98. The number of hydrogen-bond donors (Lipinski definition) is 0. The standard InChI is InChI=1S/C19H26O6S2/c1-3-23-18(20)10-15-8-9-19(11-15)25-16(13-26-19)12-24-27(21,22)17-6-4-14(2)5-7-17/h4-7,15-16H,3,8-13H2,1-2H3. The fourth-order valence-electron chi connectivity index (χ4n) is 3.57. The molecular weight excluding hydrogens is 388 g/mol. The number of esters is 1. The Morgan fingerprint density at radius 2 is 2.07 bits per heavy atom. The molecule has 1 saturated heterocycles. The minimum atomic E-state index is -3.78. The molecule has 2 aliphatic rings. The lowest BCUT2D eigenvalue weighted by atomic mass is 10.0. The Hall–Kier alpha value is -1.09. The first-order valence-electron chi connectivity index (χ1n) is 9.25. The first-order chi connectivity index (χ1) is 12.8. The number of ether oxygens (including phenoxy) is 2. The van der Waals surface area contributed by atoms with Crippen LogP contribution in [0.3, 0.4) is 0 Å². The largest absolute Gasteiger partial charge is 0.466 e. The van der Waals surface area contributed by atoms with Gasteiger partial charge in [-0.05, 0) is 51.2 Å². The van der Waals surface area contributed by atoms with Crippen LogP contribution >= 0.6 is 11.8 Å². The third kappa shape index (κ3) is 5.25. The summed E-state index contributed by atoms with van der Waals surface area (Å²) >= 11 is 1.70. The molecule has 0 amide bonds. The normalized spacial score (nSPS) is 27.9. The molecule has 1 heterocycles. The summed E-state index contributed by atoms with van der Waals surface area (Å²) in [4.78, 5) is 11.5. The molecule has 3 rings (SSSR count). The molecule has 1 aliphatic heterocycles. The fraction of sp³-hybridized carbons (Fsp3) is 0.632. The van der Waals surface area contributed by atoms with Crippen LogP contribution in [0.4, 0.5) is 0 Å². The molecule has 3 atom stereocenters. The third-order valence-electron chi connectivity index (χ3n) is 4.93. The van der Waals surface area contributed by atoms with Crippen LogP contribution in [0.1, 0.15) is 38.2 Å². The Bertz CT molecular complexity index is 761. The van der Waals surface area contributed by atoms with Gasteiger partial charge in [0.2, 0.25) is 0 Å². The van der Waals surface area contributed by atoms with E-state index in [9.17, 15) is 13.2 Å². The number of aryl methyl sites for hydroxylation is 1. The van der Waals surface area contributed by atoms with Crippen molar-refractivity contribution in [1.29, 1.82) is 0 Å². The van der Waals surface area contributed by atoms with Gasteiger partial charge in [-0.1, -0.05) is 17.7 Å². The zero-order valence-electron chi connectivity index (χ0n) is 15.7. The molecule has 1 aromatic carbocycles. The molecule has 150 valence electrons. The smallest absolute Gasteiger partial charge is 0.306 e. The maximum absolute atomic E-state index is 12.3. The van der Waals surface area contributed by atoms with Crippen LogP contribution in [0.25, 0.3) is 0 Å². The summed E-state index contributed by atoms with van der Waals surface area (Å²) in [6.45, 7) is 4.11. The van der Waals surface area contributed by atoms with E-state index in [0.717, 1.165) is 24.8 Å². The van der Waals surface area contributed by atoms with Gasteiger partial charge < -0.3 is 9.47 Å². The summed E-state index contributed by atoms with van der Waals surface area (Å²) in [5.41, 5.74) is 0.991. The molecule has 0 bridgehead atoms. The second-order valence-electron chi connectivity index (χ2n) is 7.13. The van der Waals surface area contributed by atoms with Gasteiger partial charge in [0.25, 0.3) is 10.1 Å². The van der Waals surface area contributed by atoms with Crippen LogP contribution in [-0.2, 0) is 28.6 Å². The first-order valence-corrected chi connectivity index (χ1v) is 11.6. The average molecular weight is 415 g/mol. The van der Waals surface area contributed by atoms with Crippen LogP contribution in [0.15, 0.2) is 29.2 Å². The molecule has 0 N–H and O–H groups in total. The Kier molecular flexibility index (Phi) is 6.50. The highest BCUT2D eigenvalue weighted by Crippen LogP contribution is 2.51. The van der Waals surface area contributed by atoms with Crippen molar-refractivity contribution in [2.45, 2.75) is 55.5 Å². The molecule has 0 radical (unpaired) electrons. The number of carbonyl (C=O) groups is 1. The summed E-state index contributed by atoms with van der Waals surface area (Å²) < 4.78 is 41.0. The summed E-state index contributed by atoms with van der Waals surface area (Å²) in [6.07, 6.45) is 2.72. The highest BCUT2D eigenvalue weighted by molar-refractivity contribution is 8.00. The number of carbonyl (C=O) groups excluding carboxylic acids is 1. The second-order valence-corrected chi connectivity index (χ2v) is 10.1. The van der Waals surface area contributed by atoms with E-state index in [-0.39, 0.29) is 34.4 Å². The number of hydrogen-bond acceptors (Lipinski definition) is 7. The minimum absolute atomic E-state index is 0.00744. The van der Waals surface area contributed by atoms with Crippen molar-refractivity contribution in [2.24, 2.45) is 5.92 Å². The summed E-state index contributed by atoms with van der Waals surface area (Å²) in [5, 5.41) is 0.